The zero-order chi connectivity index (χ0) is 61.5. The van der Waals surface area contributed by atoms with Gasteiger partial charge in [0.1, 0.15) is 0 Å². The maximum atomic E-state index is 9.77. The molecule has 0 unspecified atom stereocenters. The molecule has 0 amide bonds. The van der Waals surface area contributed by atoms with E-state index in [1.54, 1.807) is 0 Å². The van der Waals surface area contributed by atoms with Crippen LogP contribution >= 0.6 is 0 Å². The molecular formula is C78H160N2O4. The van der Waals surface area contributed by atoms with Gasteiger partial charge in [-0.3, -0.25) is 0 Å². The molecule has 506 valence electrons. The Morgan fingerprint density at radius 2 is 0.286 bits per heavy atom. The van der Waals surface area contributed by atoms with Crippen molar-refractivity contribution in [2.45, 2.75) is 464 Å². The molecular weight excluding hydrogens is 1030 g/mol. The number of nitrogens with two attached hydrogens (primary N) is 2. The second-order valence-electron chi connectivity index (χ2n) is 26.9. The molecule has 0 heterocycles. The molecule has 6 nitrogen and oxygen atoms in total. The number of carbonyl (C=O) groups is 2. The molecule has 0 fully saturated rings. The highest BCUT2D eigenvalue weighted by atomic mass is 16.4. The Bertz CT molecular complexity index is 980. The fourth-order valence-corrected chi connectivity index (χ4v) is 12.2. The second-order valence-corrected chi connectivity index (χ2v) is 26.9. The minimum Gasteiger partial charge on any atom is -0.550 e. The summed E-state index contributed by atoms with van der Waals surface area (Å²) in [5.41, 5.74) is 0. The van der Waals surface area contributed by atoms with Crippen molar-refractivity contribution in [1.29, 1.82) is 0 Å². The van der Waals surface area contributed by atoms with Gasteiger partial charge >= 0.3 is 0 Å². The summed E-state index contributed by atoms with van der Waals surface area (Å²) in [6.45, 7) is 14.7. The van der Waals surface area contributed by atoms with Crippen molar-refractivity contribution in [3.8, 4) is 0 Å². The normalized spacial score (nSPS) is 11.2. The smallest absolute Gasteiger partial charge is 0.0755 e. The number of hydrogen-bond acceptors (Lipinski definition) is 4. The van der Waals surface area contributed by atoms with Gasteiger partial charge in [0.2, 0.25) is 0 Å². The predicted molar refractivity (Wildman–Crippen MR) is 370 cm³/mol. The fourth-order valence-electron chi connectivity index (χ4n) is 12.2. The third kappa shape index (κ3) is 94.5. The van der Waals surface area contributed by atoms with Crippen LogP contribution in [0.2, 0.25) is 0 Å². The van der Waals surface area contributed by atoms with Crippen molar-refractivity contribution in [2.24, 2.45) is 0 Å². The van der Waals surface area contributed by atoms with E-state index in [-0.39, 0.29) is 12.8 Å². The van der Waals surface area contributed by atoms with Crippen molar-refractivity contribution >= 4 is 11.9 Å². The highest BCUT2D eigenvalue weighted by Crippen LogP contribution is 2.18. The van der Waals surface area contributed by atoms with Crippen molar-refractivity contribution in [2.75, 3.05) is 26.2 Å². The molecule has 0 aliphatic rings. The lowest BCUT2D eigenvalue weighted by Crippen LogP contribution is -2.84. The first-order valence-corrected chi connectivity index (χ1v) is 39.5. The van der Waals surface area contributed by atoms with E-state index < -0.39 is 11.9 Å². The molecule has 0 aliphatic carbocycles. The summed E-state index contributed by atoms with van der Waals surface area (Å²) in [5, 5.41) is 24.7. The van der Waals surface area contributed by atoms with Gasteiger partial charge in [0, 0.05) is 11.9 Å². The lowest BCUT2D eigenvalue weighted by Gasteiger charge is -2.04. The minimum absolute atomic E-state index is 0.0761. The summed E-state index contributed by atoms with van der Waals surface area (Å²) in [6.07, 6.45) is 94.6. The van der Waals surface area contributed by atoms with Crippen LogP contribution in [-0.2, 0) is 9.59 Å². The Hall–Kier alpha value is -1.14. The molecule has 0 aromatic rings. The first kappa shape index (κ1) is 87.1. The van der Waals surface area contributed by atoms with Crippen LogP contribution in [0.5, 0.6) is 0 Å². The van der Waals surface area contributed by atoms with Crippen LogP contribution in [0.25, 0.3) is 0 Å². The molecule has 0 aliphatic heterocycles. The Balaban J connectivity index is -0.00000134. The van der Waals surface area contributed by atoms with Crippen molar-refractivity contribution in [1.82, 2.24) is 0 Å². The van der Waals surface area contributed by atoms with E-state index in [1.165, 1.54) is 437 Å². The predicted octanol–water partition coefficient (Wildman–Crippen LogP) is 22.2. The summed E-state index contributed by atoms with van der Waals surface area (Å²) >= 11 is 0. The third-order valence-electron chi connectivity index (χ3n) is 18.1. The van der Waals surface area contributed by atoms with Crippen LogP contribution in [0.1, 0.15) is 464 Å². The number of hydrogen-bond donors (Lipinski definition) is 2. The zero-order valence-electron chi connectivity index (χ0n) is 58.7. The molecule has 0 rings (SSSR count). The van der Waals surface area contributed by atoms with E-state index >= 15 is 0 Å². The molecule has 84 heavy (non-hydrogen) atoms. The van der Waals surface area contributed by atoms with Crippen molar-refractivity contribution in [3.63, 3.8) is 0 Å². The molecule has 4 N–H and O–H groups in total. The number of rotatable bonds is 73. The molecule has 0 aromatic heterocycles. The summed E-state index contributed by atoms with van der Waals surface area (Å²) in [5.74, 6) is -2.28. The first-order chi connectivity index (χ1) is 41.5. The SMILES string of the molecule is CCCCCCCCCCCCCCCCCC[NH2+]CCCCCCCCCCCCCCCCCC.CCCCCCCCCCCCCCCCCC[NH2+]CCCCCCCCCCCCCCCCCC.O=C([O-])CCCCC(=O)[O-]. The van der Waals surface area contributed by atoms with E-state index in [0.717, 1.165) is 0 Å². The van der Waals surface area contributed by atoms with Gasteiger partial charge in [-0.05, 0) is 77.0 Å². The Morgan fingerprint density at radius 3 is 0.393 bits per heavy atom. The third-order valence-corrected chi connectivity index (χ3v) is 18.1. The summed E-state index contributed by atoms with van der Waals surface area (Å²) in [6, 6.07) is 0. The highest BCUT2D eigenvalue weighted by Gasteiger charge is 2.01. The maximum Gasteiger partial charge on any atom is 0.0755 e. The van der Waals surface area contributed by atoms with Crippen molar-refractivity contribution in [3.05, 3.63) is 0 Å². The second kappa shape index (κ2) is 86.1. The molecule has 0 aromatic carbocycles. The number of carboxylic acid groups (broad SMARTS) is 2. The van der Waals surface area contributed by atoms with Crippen molar-refractivity contribution < 1.29 is 30.4 Å². The number of carbonyl (C=O) groups excluding carboxylic acids is 2. The largest absolute Gasteiger partial charge is 0.550 e. The van der Waals surface area contributed by atoms with Gasteiger partial charge in [-0.25, -0.2) is 0 Å². The standard InChI is InChI=1S/2C36H75N.C6H10O4/c2*1-3-5-7-9-11-13-15-17-19-21-23-25-27-29-31-33-35-37-36-34-32-30-28-26-24-22-20-18-16-14-12-10-8-6-4-2;7-5(8)3-1-2-4-6(9)10/h2*37H,3-36H2,1-2H3;1-4H2,(H,7,8)(H,9,10). The van der Waals surface area contributed by atoms with Gasteiger partial charge in [-0.1, -0.05) is 387 Å². The molecule has 0 radical (unpaired) electrons. The van der Waals surface area contributed by atoms with E-state index in [2.05, 4.69) is 38.3 Å². The summed E-state index contributed by atoms with van der Waals surface area (Å²) < 4.78 is 0. The van der Waals surface area contributed by atoms with E-state index in [1.807, 2.05) is 0 Å². The Labute approximate surface area is 530 Å². The average Bonchev–Trinajstić information content (AvgIpc) is 3.49. The Kier molecular flexibility index (Phi) is 89.2. The monoisotopic (exact) mass is 1190 g/mol. The highest BCUT2D eigenvalue weighted by molar-refractivity contribution is 5.65. The Morgan fingerprint density at radius 1 is 0.179 bits per heavy atom. The molecule has 0 saturated carbocycles. The topological polar surface area (TPSA) is 113 Å². The summed E-state index contributed by atoms with van der Waals surface area (Å²) in [7, 11) is 0. The van der Waals surface area contributed by atoms with Gasteiger partial charge in [-0.2, -0.15) is 0 Å². The number of quaternary nitrogens is 2. The lowest BCUT2D eigenvalue weighted by molar-refractivity contribution is -0.655. The van der Waals surface area contributed by atoms with Crippen LogP contribution in [0.4, 0.5) is 0 Å². The maximum absolute atomic E-state index is 9.77. The van der Waals surface area contributed by atoms with Crippen LogP contribution < -0.4 is 20.8 Å². The first-order valence-electron chi connectivity index (χ1n) is 39.5. The van der Waals surface area contributed by atoms with Crippen LogP contribution in [0, 0.1) is 0 Å². The van der Waals surface area contributed by atoms with Gasteiger partial charge in [0.05, 0.1) is 26.2 Å². The van der Waals surface area contributed by atoms with Crippen LogP contribution in [-0.4, -0.2) is 38.1 Å². The summed E-state index contributed by atoms with van der Waals surface area (Å²) in [4.78, 5) is 19.5. The van der Waals surface area contributed by atoms with Crippen LogP contribution in [0.3, 0.4) is 0 Å². The molecule has 0 spiro atoms. The minimum atomic E-state index is -1.14. The zero-order valence-corrected chi connectivity index (χ0v) is 58.7. The number of aliphatic carboxylic acids is 2. The number of carboxylic acids is 2. The molecule has 6 heteroatoms. The molecule has 0 bridgehead atoms. The van der Waals surface area contributed by atoms with Gasteiger partial charge in [0.15, 0.2) is 0 Å². The van der Waals surface area contributed by atoms with E-state index in [9.17, 15) is 19.8 Å². The molecule has 0 atom stereocenters. The quantitative estimate of drug-likeness (QED) is 0.0591. The number of unbranched alkanes of at least 4 members (excludes halogenated alkanes) is 61. The molecule has 0 saturated heterocycles. The lowest BCUT2D eigenvalue weighted by atomic mass is 10.0. The van der Waals surface area contributed by atoms with Crippen LogP contribution in [0.15, 0.2) is 0 Å². The van der Waals surface area contributed by atoms with E-state index in [4.69, 9.17) is 0 Å². The average molecular weight is 1190 g/mol. The van der Waals surface area contributed by atoms with E-state index in [0.29, 0.717) is 12.8 Å². The fraction of sp³-hybridized carbons (Fsp3) is 0.974. The van der Waals surface area contributed by atoms with Gasteiger partial charge < -0.3 is 30.4 Å². The van der Waals surface area contributed by atoms with Gasteiger partial charge in [0.25, 0.3) is 0 Å². The van der Waals surface area contributed by atoms with Gasteiger partial charge in [-0.15, -0.1) is 0 Å².